The van der Waals surface area contributed by atoms with Gasteiger partial charge in [-0.1, -0.05) is 6.07 Å². The minimum atomic E-state index is -0.558. The van der Waals surface area contributed by atoms with E-state index in [0.717, 1.165) is 25.9 Å². The highest BCUT2D eigenvalue weighted by molar-refractivity contribution is 5.48. The van der Waals surface area contributed by atoms with Crippen LogP contribution in [0.2, 0.25) is 0 Å². The number of nitrogens with zero attached hydrogens (tertiary/aromatic N) is 5. The Morgan fingerprint density at radius 1 is 1.24 bits per heavy atom. The molecule has 0 radical (unpaired) electrons. The molecule has 7 nitrogen and oxygen atoms in total. The number of fused-ring (bicyclic) bond motifs is 1. The zero-order valence-electron chi connectivity index (χ0n) is 14.1. The van der Waals surface area contributed by atoms with Crippen molar-refractivity contribution in [2.75, 3.05) is 18.0 Å². The Bertz CT molecular complexity index is 940. The molecule has 25 heavy (non-hydrogen) atoms. The molecule has 1 fully saturated rings. The van der Waals surface area contributed by atoms with Crippen LogP contribution in [0.1, 0.15) is 24.8 Å². The maximum atomic E-state index is 12.3. The van der Waals surface area contributed by atoms with Gasteiger partial charge in [0.25, 0.3) is 5.56 Å². The monoisotopic (exact) mass is 339 g/mol. The van der Waals surface area contributed by atoms with Crippen LogP contribution in [0, 0.1) is 5.92 Å². The standard InChI is InChI=1S/C18H21N5O2/c1-21-11-7-19-18(21)17(25)13-5-9-22(10-6-13)15-12-16(24)23-8-3-2-4-14(23)20-15/h2-4,7-8,11-13,17,25H,5-6,9-10H2,1H3. The van der Waals surface area contributed by atoms with Gasteiger partial charge in [0.15, 0.2) is 0 Å². The Morgan fingerprint density at radius 3 is 2.76 bits per heavy atom. The summed E-state index contributed by atoms with van der Waals surface area (Å²) in [5, 5.41) is 10.6. The molecule has 130 valence electrons. The third-order valence-electron chi connectivity index (χ3n) is 4.99. The zero-order valence-corrected chi connectivity index (χ0v) is 14.1. The molecule has 1 aliphatic heterocycles. The van der Waals surface area contributed by atoms with Gasteiger partial charge in [0.05, 0.1) is 0 Å². The van der Waals surface area contributed by atoms with Gasteiger partial charge in [-0.2, -0.15) is 0 Å². The van der Waals surface area contributed by atoms with E-state index in [1.54, 1.807) is 22.9 Å². The van der Waals surface area contributed by atoms with Gasteiger partial charge >= 0.3 is 0 Å². The van der Waals surface area contributed by atoms with Crippen molar-refractivity contribution in [2.45, 2.75) is 18.9 Å². The van der Waals surface area contributed by atoms with Gasteiger partial charge in [-0.15, -0.1) is 0 Å². The Balaban J connectivity index is 1.50. The Kier molecular flexibility index (Phi) is 4.01. The number of aliphatic hydroxyl groups is 1. The molecule has 0 aliphatic carbocycles. The normalized spacial score (nSPS) is 17.1. The van der Waals surface area contributed by atoms with E-state index in [2.05, 4.69) is 14.9 Å². The minimum Gasteiger partial charge on any atom is -0.385 e. The molecular formula is C18H21N5O2. The summed E-state index contributed by atoms with van der Waals surface area (Å²) >= 11 is 0. The summed E-state index contributed by atoms with van der Waals surface area (Å²) in [7, 11) is 1.90. The topological polar surface area (TPSA) is 75.7 Å². The molecule has 7 heteroatoms. The lowest BCUT2D eigenvalue weighted by Crippen LogP contribution is -2.37. The number of aromatic nitrogens is 4. The maximum absolute atomic E-state index is 12.3. The fourth-order valence-corrected chi connectivity index (χ4v) is 3.52. The molecule has 1 N–H and O–H groups in total. The number of rotatable bonds is 3. The highest BCUT2D eigenvalue weighted by Gasteiger charge is 2.29. The van der Waals surface area contributed by atoms with E-state index in [1.807, 2.05) is 36.0 Å². The SMILES string of the molecule is Cn1ccnc1C(O)C1CCN(c2cc(=O)n3ccccc3n2)CC1. The largest absolute Gasteiger partial charge is 0.385 e. The molecule has 1 unspecified atom stereocenters. The van der Waals surface area contributed by atoms with Crippen LogP contribution in [0.3, 0.4) is 0 Å². The van der Waals surface area contributed by atoms with Gasteiger partial charge in [0.2, 0.25) is 0 Å². The van der Waals surface area contributed by atoms with Crippen molar-refractivity contribution < 1.29 is 5.11 Å². The number of aliphatic hydroxyl groups excluding tert-OH is 1. The van der Waals surface area contributed by atoms with Gasteiger partial charge in [0, 0.05) is 44.8 Å². The fourth-order valence-electron chi connectivity index (χ4n) is 3.52. The highest BCUT2D eigenvalue weighted by Crippen LogP contribution is 2.31. The van der Waals surface area contributed by atoms with E-state index >= 15 is 0 Å². The summed E-state index contributed by atoms with van der Waals surface area (Å²) in [5.74, 6) is 1.58. The van der Waals surface area contributed by atoms with Crippen molar-refractivity contribution in [1.82, 2.24) is 18.9 Å². The van der Waals surface area contributed by atoms with Gasteiger partial charge < -0.3 is 14.6 Å². The molecule has 0 spiro atoms. The van der Waals surface area contributed by atoms with Crippen LogP contribution in [-0.2, 0) is 7.05 Å². The summed E-state index contributed by atoms with van der Waals surface area (Å²) in [6, 6.07) is 7.12. The third kappa shape index (κ3) is 2.91. The van der Waals surface area contributed by atoms with Crippen molar-refractivity contribution in [3.8, 4) is 0 Å². The van der Waals surface area contributed by atoms with Gasteiger partial charge in [-0.3, -0.25) is 9.20 Å². The first kappa shape index (κ1) is 15.8. The highest BCUT2D eigenvalue weighted by atomic mass is 16.3. The number of imidazole rings is 1. The van der Waals surface area contributed by atoms with Crippen LogP contribution in [0.25, 0.3) is 5.65 Å². The molecule has 0 aromatic carbocycles. The van der Waals surface area contributed by atoms with Gasteiger partial charge in [0.1, 0.15) is 23.4 Å². The lowest BCUT2D eigenvalue weighted by molar-refractivity contribution is 0.0824. The molecule has 1 aliphatic rings. The number of hydrogen-bond acceptors (Lipinski definition) is 5. The molecule has 0 saturated carbocycles. The zero-order chi connectivity index (χ0) is 17.4. The van der Waals surface area contributed by atoms with E-state index in [4.69, 9.17) is 0 Å². The fraction of sp³-hybridized carbons (Fsp3) is 0.389. The quantitative estimate of drug-likeness (QED) is 0.780. The first-order valence-electron chi connectivity index (χ1n) is 8.52. The Labute approximate surface area is 145 Å². The molecule has 4 rings (SSSR count). The van der Waals surface area contributed by atoms with Crippen LogP contribution in [0.4, 0.5) is 5.82 Å². The van der Waals surface area contributed by atoms with Crippen LogP contribution >= 0.6 is 0 Å². The van der Waals surface area contributed by atoms with Crippen molar-refractivity contribution in [3.63, 3.8) is 0 Å². The van der Waals surface area contributed by atoms with E-state index in [-0.39, 0.29) is 11.5 Å². The van der Waals surface area contributed by atoms with Gasteiger partial charge in [-0.25, -0.2) is 9.97 Å². The van der Waals surface area contributed by atoms with Crippen LogP contribution in [0.5, 0.6) is 0 Å². The molecule has 1 atom stereocenters. The van der Waals surface area contributed by atoms with Crippen LogP contribution < -0.4 is 10.5 Å². The second-order valence-electron chi connectivity index (χ2n) is 6.55. The van der Waals surface area contributed by atoms with Crippen molar-refractivity contribution >= 4 is 11.5 Å². The second kappa shape index (κ2) is 6.33. The molecule has 1 saturated heterocycles. The average Bonchev–Trinajstić information content (AvgIpc) is 3.07. The lowest BCUT2D eigenvalue weighted by atomic mass is 9.90. The summed E-state index contributed by atoms with van der Waals surface area (Å²) in [4.78, 5) is 23.2. The van der Waals surface area contributed by atoms with Crippen molar-refractivity contribution in [1.29, 1.82) is 0 Å². The van der Waals surface area contributed by atoms with Crippen LogP contribution in [-0.4, -0.2) is 37.1 Å². The second-order valence-corrected chi connectivity index (χ2v) is 6.55. The predicted molar refractivity (Wildman–Crippen MR) is 94.6 cm³/mol. The molecule has 3 aromatic heterocycles. The van der Waals surface area contributed by atoms with E-state index in [0.29, 0.717) is 17.3 Å². The third-order valence-corrected chi connectivity index (χ3v) is 4.99. The van der Waals surface area contributed by atoms with Crippen molar-refractivity contribution in [2.24, 2.45) is 13.0 Å². The number of aryl methyl sites for hydroxylation is 1. The maximum Gasteiger partial charge on any atom is 0.259 e. The molecule has 0 amide bonds. The Hall–Kier alpha value is -2.67. The Morgan fingerprint density at radius 2 is 2.04 bits per heavy atom. The number of piperidine rings is 1. The summed E-state index contributed by atoms with van der Waals surface area (Å²) in [5.41, 5.74) is 0.580. The molecule has 0 bridgehead atoms. The van der Waals surface area contributed by atoms with Crippen LogP contribution in [0.15, 0.2) is 47.7 Å². The average molecular weight is 339 g/mol. The predicted octanol–water partition coefficient (Wildman–Crippen LogP) is 1.38. The lowest BCUT2D eigenvalue weighted by Gasteiger charge is -2.34. The van der Waals surface area contributed by atoms with E-state index in [1.165, 1.54) is 0 Å². The molecule has 3 aromatic rings. The summed E-state index contributed by atoms with van der Waals surface area (Å²) < 4.78 is 3.41. The minimum absolute atomic E-state index is 0.0734. The first-order valence-corrected chi connectivity index (χ1v) is 8.52. The molecular weight excluding hydrogens is 318 g/mol. The summed E-state index contributed by atoms with van der Waals surface area (Å²) in [6.45, 7) is 1.53. The van der Waals surface area contributed by atoms with Crippen molar-refractivity contribution in [3.05, 3.63) is 59.0 Å². The first-order chi connectivity index (χ1) is 12.1. The number of hydrogen-bond donors (Lipinski definition) is 1. The smallest absolute Gasteiger partial charge is 0.259 e. The van der Waals surface area contributed by atoms with E-state index in [9.17, 15) is 9.90 Å². The number of anilines is 1. The molecule has 4 heterocycles. The van der Waals surface area contributed by atoms with E-state index < -0.39 is 6.10 Å². The summed E-state index contributed by atoms with van der Waals surface area (Å²) in [6.07, 6.45) is 6.40. The van der Waals surface area contributed by atoms with Gasteiger partial charge in [-0.05, 0) is 30.9 Å². The number of pyridine rings is 1.